The molecule has 0 aromatic carbocycles. The second kappa shape index (κ2) is 11.6. The third kappa shape index (κ3) is 8.83. The van der Waals surface area contributed by atoms with Crippen LogP contribution < -0.4 is 0 Å². The summed E-state index contributed by atoms with van der Waals surface area (Å²) in [6.07, 6.45) is 0.535. The van der Waals surface area contributed by atoms with Crippen molar-refractivity contribution in [3.05, 3.63) is 6.92 Å². The fourth-order valence-corrected chi connectivity index (χ4v) is 0.332. The molecule has 0 N–H and O–H groups in total. The molecule has 0 unspecified atom stereocenters. The average Bonchev–Trinajstić information content (AvgIpc) is 1.96. The third-order valence-corrected chi connectivity index (χ3v) is 0.761. The molecule has 0 rings (SSSR count). The van der Waals surface area contributed by atoms with E-state index in [-0.39, 0.29) is 6.29 Å². The number of hydrogen-bond acceptors (Lipinski definition) is 2. The molecule has 0 amide bonds. The van der Waals surface area contributed by atoms with Crippen LogP contribution >= 0.6 is 9.69 Å². The van der Waals surface area contributed by atoms with E-state index in [2.05, 4.69) is 6.92 Å². The van der Waals surface area contributed by atoms with E-state index in [0.29, 0.717) is 6.42 Å². The van der Waals surface area contributed by atoms with Crippen LogP contribution in [0.25, 0.3) is 0 Å². The van der Waals surface area contributed by atoms with Crippen molar-refractivity contribution in [3.8, 4) is 0 Å². The van der Waals surface area contributed by atoms with Gasteiger partial charge in [0.1, 0.15) is 6.29 Å². The van der Waals surface area contributed by atoms with Crippen LogP contribution in [0.3, 0.4) is 0 Å². The van der Waals surface area contributed by atoms with Gasteiger partial charge in [-0.1, -0.05) is 0 Å². The molecule has 52 valence electrons. The number of methoxy groups -OCH3 is 2. The van der Waals surface area contributed by atoms with Gasteiger partial charge in [-0.05, 0) is 0 Å². The predicted octanol–water partition coefficient (Wildman–Crippen LogP) is 1.52. The Balaban J connectivity index is 0. The molecule has 0 saturated carbocycles. The molecular weight excluding hydrogens is 193 g/mol. The summed E-state index contributed by atoms with van der Waals surface area (Å²) in [4.78, 5) is 0. The topological polar surface area (TPSA) is 18.5 Å². The summed E-state index contributed by atoms with van der Waals surface area (Å²) in [5.74, 6) is 0. The van der Waals surface area contributed by atoms with Crippen LogP contribution in [0.2, 0.25) is 0 Å². The van der Waals surface area contributed by atoms with Crippen LogP contribution in [0.5, 0.6) is 0 Å². The molecule has 4 heteroatoms. The molecule has 0 bridgehead atoms. The predicted molar refractivity (Wildman–Crippen MR) is 33.6 cm³/mol. The van der Waals surface area contributed by atoms with E-state index in [1.165, 1.54) is 0 Å². The Hall–Kier alpha value is 0.833. The molecule has 0 aliphatic heterocycles. The minimum absolute atomic E-state index is 0.125. The Morgan fingerprint density at radius 3 is 1.78 bits per heavy atom. The molecule has 0 heterocycles. The minimum atomic E-state index is -0.125. The van der Waals surface area contributed by atoms with Gasteiger partial charge in [0.2, 0.25) is 0 Å². The van der Waals surface area contributed by atoms with Gasteiger partial charge in [0.15, 0.2) is 0 Å². The van der Waals surface area contributed by atoms with Crippen molar-refractivity contribution in [2.45, 2.75) is 12.7 Å². The second-order valence-electron chi connectivity index (χ2n) is 1.19. The van der Waals surface area contributed by atoms with Gasteiger partial charge >= 0.3 is 27.0 Å². The fraction of sp³-hybridized carbons (Fsp3) is 0.800. The maximum absolute atomic E-state index is 4.76. The standard InChI is InChI=1S/C5H11O2.ClH.Zn/c1-4-5(6-2)7-3;;/h5H,1,4H2,2-3H3;1H;/q-1;;+2/p-1. The van der Waals surface area contributed by atoms with Gasteiger partial charge in [0, 0.05) is 14.2 Å². The molecular formula is C5H11ClO2Zn. The summed E-state index contributed by atoms with van der Waals surface area (Å²) in [6, 6.07) is 0. The molecule has 0 radical (unpaired) electrons. The van der Waals surface area contributed by atoms with Crippen molar-refractivity contribution < 1.29 is 26.8 Å². The van der Waals surface area contributed by atoms with Crippen LogP contribution in [-0.4, -0.2) is 20.5 Å². The number of halogens is 1. The summed E-state index contributed by atoms with van der Waals surface area (Å²) in [6.45, 7) is 3.58. The maximum atomic E-state index is 4.76. The second-order valence-corrected chi connectivity index (χ2v) is 1.19. The molecule has 9 heavy (non-hydrogen) atoms. The van der Waals surface area contributed by atoms with Crippen molar-refractivity contribution in [3.63, 3.8) is 0 Å². The first kappa shape index (κ1) is 12.5. The Morgan fingerprint density at radius 1 is 1.44 bits per heavy atom. The van der Waals surface area contributed by atoms with Gasteiger partial charge < -0.3 is 16.4 Å². The number of ether oxygens (including phenoxy) is 2. The van der Waals surface area contributed by atoms with Crippen molar-refractivity contribution in [2.24, 2.45) is 0 Å². The van der Waals surface area contributed by atoms with Crippen molar-refractivity contribution in [1.82, 2.24) is 0 Å². The first-order chi connectivity index (χ1) is 4.35. The van der Waals surface area contributed by atoms with E-state index in [1.54, 1.807) is 14.2 Å². The van der Waals surface area contributed by atoms with Crippen LogP contribution in [0.15, 0.2) is 0 Å². The molecule has 0 aromatic rings. The van der Waals surface area contributed by atoms with Crippen LogP contribution in [0.4, 0.5) is 0 Å². The van der Waals surface area contributed by atoms with Crippen LogP contribution in [-0.2, 0) is 26.8 Å². The van der Waals surface area contributed by atoms with Gasteiger partial charge in [0.05, 0.1) is 0 Å². The first-order valence-electron chi connectivity index (χ1n) is 2.46. The zero-order valence-corrected chi connectivity index (χ0v) is 9.62. The molecule has 0 aromatic heterocycles. The number of hydrogen-bond donors (Lipinski definition) is 0. The Bertz CT molecular complexity index is 36.4. The number of rotatable bonds is 3. The van der Waals surface area contributed by atoms with E-state index >= 15 is 0 Å². The van der Waals surface area contributed by atoms with Gasteiger partial charge in [0.25, 0.3) is 0 Å². The van der Waals surface area contributed by atoms with Gasteiger partial charge in [-0.15, -0.1) is 6.42 Å². The van der Waals surface area contributed by atoms with Crippen LogP contribution in [0, 0.1) is 6.92 Å². The van der Waals surface area contributed by atoms with E-state index < -0.39 is 0 Å². The van der Waals surface area contributed by atoms with Gasteiger partial charge in [-0.25, -0.2) is 0 Å². The van der Waals surface area contributed by atoms with Crippen molar-refractivity contribution in [2.75, 3.05) is 14.2 Å². The summed E-state index contributed by atoms with van der Waals surface area (Å²) >= 11 is 0.847. The normalized spacial score (nSPS) is 8.78. The molecule has 0 spiro atoms. The van der Waals surface area contributed by atoms with Crippen LogP contribution in [0.1, 0.15) is 6.42 Å². The molecule has 0 aliphatic carbocycles. The zero-order chi connectivity index (χ0) is 7.70. The summed E-state index contributed by atoms with van der Waals surface area (Å²) in [5, 5.41) is 0. The quantitative estimate of drug-likeness (QED) is 0.394. The van der Waals surface area contributed by atoms with Gasteiger partial charge in [-0.2, -0.15) is 0 Å². The molecule has 0 aliphatic rings. The fourth-order valence-electron chi connectivity index (χ4n) is 0.332. The van der Waals surface area contributed by atoms with E-state index in [9.17, 15) is 0 Å². The Labute approximate surface area is 70.6 Å². The Kier molecular flexibility index (Phi) is 16.1. The van der Waals surface area contributed by atoms with E-state index in [0.717, 1.165) is 17.3 Å². The third-order valence-electron chi connectivity index (χ3n) is 0.761. The van der Waals surface area contributed by atoms with E-state index in [4.69, 9.17) is 19.2 Å². The Morgan fingerprint density at radius 2 is 1.78 bits per heavy atom. The van der Waals surface area contributed by atoms with Gasteiger partial charge in [-0.3, -0.25) is 0 Å². The summed E-state index contributed by atoms with van der Waals surface area (Å²) in [5.41, 5.74) is 0. The average molecular weight is 204 g/mol. The summed E-state index contributed by atoms with van der Waals surface area (Å²) < 4.78 is 9.53. The first-order valence-corrected chi connectivity index (χ1v) is 6.36. The van der Waals surface area contributed by atoms with Crippen molar-refractivity contribution >= 4 is 9.69 Å². The van der Waals surface area contributed by atoms with Crippen molar-refractivity contribution in [1.29, 1.82) is 0 Å². The SMILES string of the molecule is [CH2-]CC(OC)OC.[Cl][Zn+]. The molecule has 0 atom stereocenters. The molecule has 0 fully saturated rings. The monoisotopic (exact) mass is 202 g/mol. The summed E-state index contributed by atoms with van der Waals surface area (Å²) in [7, 11) is 7.96. The zero-order valence-electron chi connectivity index (χ0n) is 5.89. The molecule has 2 nitrogen and oxygen atoms in total. The molecule has 0 saturated heterocycles. The van der Waals surface area contributed by atoms with E-state index in [1.807, 2.05) is 0 Å².